The fourth-order valence-electron chi connectivity index (χ4n) is 1.55. The summed E-state index contributed by atoms with van der Waals surface area (Å²) in [6.45, 7) is 1.47. The van der Waals surface area contributed by atoms with E-state index in [1.807, 2.05) is 0 Å². The zero-order valence-electron chi connectivity index (χ0n) is 11.0. The van der Waals surface area contributed by atoms with Crippen LogP contribution in [0.1, 0.15) is 32.5 Å². The van der Waals surface area contributed by atoms with E-state index in [-0.39, 0.29) is 23.6 Å². The lowest BCUT2D eigenvalue weighted by molar-refractivity contribution is 0.0425. The molecule has 2 aromatic rings. The third-order valence-corrected chi connectivity index (χ3v) is 2.45. The number of hydrogen-bond donors (Lipinski definition) is 0. The number of esters is 2. The molecule has 1 heterocycles. The van der Waals surface area contributed by atoms with E-state index in [9.17, 15) is 9.59 Å². The zero-order chi connectivity index (χ0) is 14.5. The molecule has 0 amide bonds. The Labute approximate surface area is 114 Å². The average Bonchev–Trinajstić information content (AvgIpc) is 2.89. The number of benzene rings is 1. The number of nitrogens with zero attached hydrogens (tertiary/aromatic N) is 2. The van der Waals surface area contributed by atoms with Crippen molar-refractivity contribution in [3.63, 3.8) is 0 Å². The summed E-state index contributed by atoms with van der Waals surface area (Å²) >= 11 is 0. The average molecular weight is 276 g/mol. The van der Waals surface area contributed by atoms with E-state index in [1.54, 1.807) is 19.1 Å². The molecule has 1 aromatic carbocycles. The van der Waals surface area contributed by atoms with Crippen molar-refractivity contribution in [3.8, 4) is 0 Å². The predicted octanol–water partition coefficient (Wildman–Crippen LogP) is 1.52. The molecule has 1 aromatic heterocycles. The van der Waals surface area contributed by atoms with E-state index >= 15 is 0 Å². The van der Waals surface area contributed by atoms with Crippen LogP contribution >= 0.6 is 0 Å². The number of carbonyl (C=O) groups excluding carboxylic acids is 2. The maximum Gasteiger partial charge on any atom is 0.339 e. The van der Waals surface area contributed by atoms with Gasteiger partial charge in [-0.3, -0.25) is 0 Å². The van der Waals surface area contributed by atoms with Crippen LogP contribution in [0.4, 0.5) is 0 Å². The van der Waals surface area contributed by atoms with Crippen LogP contribution in [0.25, 0.3) is 0 Å². The molecule has 20 heavy (non-hydrogen) atoms. The van der Waals surface area contributed by atoms with Crippen LogP contribution in [0.5, 0.6) is 0 Å². The Hall–Kier alpha value is -2.70. The number of rotatable bonds is 4. The fourth-order valence-corrected chi connectivity index (χ4v) is 1.55. The summed E-state index contributed by atoms with van der Waals surface area (Å²) in [6, 6.07) is 6.22. The monoisotopic (exact) mass is 276 g/mol. The molecule has 0 spiro atoms. The van der Waals surface area contributed by atoms with Gasteiger partial charge in [0.2, 0.25) is 5.89 Å². The van der Waals surface area contributed by atoms with Crippen LogP contribution in [0.2, 0.25) is 0 Å². The lowest BCUT2D eigenvalue weighted by atomic mass is 10.1. The fraction of sp³-hybridized carbons (Fsp3) is 0.231. The van der Waals surface area contributed by atoms with Gasteiger partial charge < -0.3 is 13.9 Å². The highest BCUT2D eigenvalue weighted by Crippen LogP contribution is 2.12. The van der Waals surface area contributed by atoms with Crippen LogP contribution < -0.4 is 0 Å². The van der Waals surface area contributed by atoms with E-state index in [1.165, 1.54) is 19.2 Å². The van der Waals surface area contributed by atoms with Gasteiger partial charge in [-0.1, -0.05) is 12.1 Å². The van der Waals surface area contributed by atoms with Crippen molar-refractivity contribution in [2.45, 2.75) is 13.5 Å². The maximum absolute atomic E-state index is 11.9. The minimum atomic E-state index is -0.665. The Kier molecular flexibility index (Phi) is 4.09. The third kappa shape index (κ3) is 3.00. The Morgan fingerprint density at radius 1 is 1.15 bits per heavy atom. The Balaban J connectivity index is 2.11. The van der Waals surface area contributed by atoms with Gasteiger partial charge in [0.15, 0.2) is 6.61 Å². The lowest BCUT2D eigenvalue weighted by Crippen LogP contribution is -2.12. The molecular formula is C13H12N2O5. The highest BCUT2D eigenvalue weighted by molar-refractivity contribution is 6.03. The molecule has 2 rings (SSSR count). The Morgan fingerprint density at radius 2 is 1.80 bits per heavy atom. The minimum absolute atomic E-state index is 0.121. The number of carbonyl (C=O) groups is 2. The van der Waals surface area contributed by atoms with Gasteiger partial charge in [-0.05, 0) is 12.1 Å². The van der Waals surface area contributed by atoms with Crippen LogP contribution in [0.15, 0.2) is 28.7 Å². The summed E-state index contributed by atoms with van der Waals surface area (Å²) in [5.41, 5.74) is 0.261. The minimum Gasteiger partial charge on any atom is -0.465 e. The van der Waals surface area contributed by atoms with Crippen LogP contribution in [-0.4, -0.2) is 29.2 Å². The maximum atomic E-state index is 11.9. The molecule has 0 fully saturated rings. The Morgan fingerprint density at radius 3 is 2.35 bits per heavy atom. The second-order valence-corrected chi connectivity index (χ2v) is 3.83. The van der Waals surface area contributed by atoms with Gasteiger partial charge in [0.05, 0.1) is 18.2 Å². The van der Waals surface area contributed by atoms with E-state index in [4.69, 9.17) is 9.15 Å². The molecule has 0 radical (unpaired) electrons. The van der Waals surface area contributed by atoms with Crippen molar-refractivity contribution in [1.29, 1.82) is 0 Å². The summed E-state index contributed by atoms with van der Waals surface area (Å²) < 4.78 is 14.7. The van der Waals surface area contributed by atoms with Crippen molar-refractivity contribution < 1.29 is 23.5 Å². The van der Waals surface area contributed by atoms with Crippen molar-refractivity contribution >= 4 is 11.9 Å². The van der Waals surface area contributed by atoms with Crippen molar-refractivity contribution in [2.24, 2.45) is 0 Å². The van der Waals surface area contributed by atoms with Gasteiger partial charge >= 0.3 is 11.9 Å². The van der Waals surface area contributed by atoms with Gasteiger partial charge in [0.1, 0.15) is 0 Å². The van der Waals surface area contributed by atoms with Gasteiger partial charge in [-0.15, -0.1) is 10.2 Å². The lowest BCUT2D eigenvalue weighted by Gasteiger charge is -2.06. The summed E-state index contributed by atoms with van der Waals surface area (Å²) in [4.78, 5) is 23.5. The highest BCUT2D eigenvalue weighted by atomic mass is 16.5. The molecule has 0 N–H and O–H groups in total. The van der Waals surface area contributed by atoms with Gasteiger partial charge in [-0.2, -0.15) is 0 Å². The van der Waals surface area contributed by atoms with Gasteiger partial charge in [-0.25, -0.2) is 9.59 Å². The molecule has 0 atom stereocenters. The van der Waals surface area contributed by atoms with Crippen LogP contribution in [-0.2, 0) is 16.1 Å². The van der Waals surface area contributed by atoms with Crippen LogP contribution in [0.3, 0.4) is 0 Å². The topological polar surface area (TPSA) is 91.5 Å². The molecule has 7 nitrogen and oxygen atoms in total. The number of hydrogen-bond acceptors (Lipinski definition) is 7. The first-order chi connectivity index (χ1) is 9.61. The first kappa shape index (κ1) is 13.7. The zero-order valence-corrected chi connectivity index (χ0v) is 11.0. The number of aryl methyl sites for hydroxylation is 1. The van der Waals surface area contributed by atoms with Gasteiger partial charge in [0, 0.05) is 6.92 Å². The molecular weight excluding hydrogens is 264 g/mol. The molecule has 0 aliphatic heterocycles. The molecule has 104 valence electrons. The molecule has 0 unspecified atom stereocenters. The second kappa shape index (κ2) is 5.96. The Bertz CT molecular complexity index is 635. The standard InChI is InChI=1S/C13H12N2O5/c1-8-14-15-11(20-8)7-19-13(17)10-6-4-3-5-9(10)12(16)18-2/h3-6H,7H2,1-2H3. The molecule has 0 saturated carbocycles. The highest BCUT2D eigenvalue weighted by Gasteiger charge is 2.18. The largest absolute Gasteiger partial charge is 0.465 e. The van der Waals surface area contributed by atoms with E-state index in [2.05, 4.69) is 14.9 Å². The predicted molar refractivity (Wildman–Crippen MR) is 65.9 cm³/mol. The molecule has 0 bridgehead atoms. The normalized spacial score (nSPS) is 10.1. The van der Waals surface area contributed by atoms with E-state index in [0.29, 0.717) is 5.89 Å². The van der Waals surface area contributed by atoms with Crippen molar-refractivity contribution in [2.75, 3.05) is 7.11 Å². The quantitative estimate of drug-likeness (QED) is 0.782. The summed E-state index contributed by atoms with van der Waals surface area (Å²) in [6.07, 6.45) is 0. The van der Waals surface area contributed by atoms with Crippen molar-refractivity contribution in [3.05, 3.63) is 47.2 Å². The van der Waals surface area contributed by atoms with Crippen molar-refractivity contribution in [1.82, 2.24) is 10.2 Å². The molecule has 0 saturated heterocycles. The number of methoxy groups -OCH3 is 1. The third-order valence-electron chi connectivity index (χ3n) is 2.45. The van der Waals surface area contributed by atoms with E-state index < -0.39 is 11.9 Å². The SMILES string of the molecule is COC(=O)c1ccccc1C(=O)OCc1nnc(C)o1. The first-order valence-corrected chi connectivity index (χ1v) is 5.75. The molecule has 7 heteroatoms. The number of ether oxygens (including phenoxy) is 2. The first-order valence-electron chi connectivity index (χ1n) is 5.75. The number of aromatic nitrogens is 2. The van der Waals surface area contributed by atoms with E-state index in [0.717, 1.165) is 0 Å². The molecule has 0 aliphatic carbocycles. The summed E-state index contributed by atoms with van der Waals surface area (Å²) in [7, 11) is 1.24. The second-order valence-electron chi connectivity index (χ2n) is 3.83. The summed E-state index contributed by atoms with van der Waals surface area (Å²) in [5, 5.41) is 7.31. The molecule has 0 aliphatic rings. The summed E-state index contributed by atoms with van der Waals surface area (Å²) in [5.74, 6) is -0.703. The van der Waals surface area contributed by atoms with Gasteiger partial charge in [0.25, 0.3) is 5.89 Å². The van der Waals surface area contributed by atoms with Crippen LogP contribution in [0, 0.1) is 6.92 Å². The smallest absolute Gasteiger partial charge is 0.339 e.